The number of likely N-dealkylation sites (tertiary alicyclic amines) is 1. The van der Waals surface area contributed by atoms with Crippen molar-refractivity contribution in [3.05, 3.63) is 71.3 Å². The first-order valence-corrected chi connectivity index (χ1v) is 9.07. The molecule has 0 aliphatic carbocycles. The Kier molecular flexibility index (Phi) is 4.29. The van der Waals surface area contributed by atoms with Crippen LogP contribution in [-0.2, 0) is 4.79 Å². The Balaban J connectivity index is 1.70. The Morgan fingerprint density at radius 3 is 2.58 bits per heavy atom. The Morgan fingerprint density at radius 2 is 1.88 bits per heavy atom. The number of rotatable bonds is 3. The number of piperidine rings is 1. The lowest BCUT2D eigenvalue weighted by Gasteiger charge is -2.43. The van der Waals surface area contributed by atoms with Crippen LogP contribution in [0, 0.1) is 6.92 Å². The summed E-state index contributed by atoms with van der Waals surface area (Å²) in [7, 11) is 0. The van der Waals surface area contributed by atoms with E-state index in [4.69, 9.17) is 9.84 Å². The van der Waals surface area contributed by atoms with Crippen LogP contribution in [-0.4, -0.2) is 41.2 Å². The lowest BCUT2D eigenvalue weighted by atomic mass is 9.82. The fourth-order valence-corrected chi connectivity index (χ4v) is 3.92. The van der Waals surface area contributed by atoms with Gasteiger partial charge in [-0.1, -0.05) is 42.0 Å². The number of hydrogen-bond acceptors (Lipinski definition) is 3. The fraction of sp³-hybridized carbons (Fsp3) is 0.318. The zero-order valence-corrected chi connectivity index (χ0v) is 14.9. The van der Waals surface area contributed by atoms with Crippen molar-refractivity contribution in [1.29, 1.82) is 0 Å². The van der Waals surface area contributed by atoms with Crippen LogP contribution in [0.1, 0.15) is 29.5 Å². The topological polar surface area (TPSA) is 49.8 Å². The first-order valence-electron chi connectivity index (χ1n) is 9.07. The van der Waals surface area contributed by atoms with E-state index in [1.807, 2.05) is 11.0 Å². The molecule has 0 unspecified atom stereocenters. The van der Waals surface area contributed by atoms with Crippen molar-refractivity contribution in [2.45, 2.75) is 25.4 Å². The molecule has 0 aromatic heterocycles. The summed E-state index contributed by atoms with van der Waals surface area (Å²) < 4.78 is 6.47. The van der Waals surface area contributed by atoms with Crippen LogP contribution < -0.4 is 4.74 Å². The van der Waals surface area contributed by atoms with Crippen molar-refractivity contribution in [3.63, 3.8) is 0 Å². The van der Waals surface area contributed by atoms with E-state index >= 15 is 0 Å². The number of nitrogens with zero attached hydrogens (tertiary/aromatic N) is 1. The van der Waals surface area contributed by atoms with Crippen molar-refractivity contribution < 1.29 is 14.6 Å². The molecular formula is C22H23NO3. The van der Waals surface area contributed by atoms with Gasteiger partial charge < -0.3 is 9.84 Å². The molecule has 1 saturated heterocycles. The molecule has 0 amide bonds. The van der Waals surface area contributed by atoms with Gasteiger partial charge in [-0.05, 0) is 36.3 Å². The number of benzene rings is 2. The Morgan fingerprint density at radius 1 is 1.15 bits per heavy atom. The van der Waals surface area contributed by atoms with Crippen LogP contribution in [0.4, 0.5) is 0 Å². The second-order valence-corrected chi connectivity index (χ2v) is 7.26. The second kappa shape index (κ2) is 6.61. The molecule has 0 radical (unpaired) electrons. The average molecular weight is 349 g/mol. The predicted octanol–water partition coefficient (Wildman–Crippen LogP) is 3.74. The van der Waals surface area contributed by atoms with Crippen LogP contribution in [0.5, 0.6) is 5.75 Å². The van der Waals surface area contributed by atoms with Crippen molar-refractivity contribution in [2.75, 3.05) is 19.6 Å². The van der Waals surface area contributed by atoms with Crippen molar-refractivity contribution in [1.82, 2.24) is 4.90 Å². The first-order chi connectivity index (χ1) is 12.5. The maximum absolute atomic E-state index is 11.0. The second-order valence-electron chi connectivity index (χ2n) is 7.26. The summed E-state index contributed by atoms with van der Waals surface area (Å²) >= 11 is 0. The molecule has 26 heavy (non-hydrogen) atoms. The van der Waals surface area contributed by atoms with E-state index in [-0.39, 0.29) is 12.1 Å². The number of carboxylic acids is 1. The highest BCUT2D eigenvalue weighted by Crippen LogP contribution is 2.43. The highest BCUT2D eigenvalue weighted by molar-refractivity contribution is 5.85. The van der Waals surface area contributed by atoms with Crippen LogP contribution in [0.2, 0.25) is 0 Å². The summed E-state index contributed by atoms with van der Waals surface area (Å²) in [6.07, 6.45) is 3.86. The zero-order chi connectivity index (χ0) is 18.1. The minimum atomic E-state index is -0.771. The number of carboxylic acid groups (broad SMARTS) is 1. The van der Waals surface area contributed by atoms with Crippen LogP contribution in [0.25, 0.3) is 5.57 Å². The van der Waals surface area contributed by atoms with Crippen molar-refractivity contribution in [2.24, 2.45) is 0 Å². The standard InChI is InChI=1S/C22H23NO3/c1-16-7-8-20-18(13-16)19(17-5-3-2-4-6-17)14-22(26-20)9-11-23(12-10-22)15-21(24)25/h2-8,13-14H,9-12,15H2,1H3,(H,24,25). The minimum Gasteiger partial charge on any atom is -0.482 e. The largest absolute Gasteiger partial charge is 0.482 e. The number of aliphatic carboxylic acids is 1. The van der Waals surface area contributed by atoms with Gasteiger partial charge in [0.2, 0.25) is 0 Å². The van der Waals surface area contributed by atoms with E-state index in [0.717, 1.165) is 37.2 Å². The van der Waals surface area contributed by atoms with E-state index < -0.39 is 5.97 Å². The molecule has 134 valence electrons. The smallest absolute Gasteiger partial charge is 0.317 e. The maximum Gasteiger partial charge on any atom is 0.317 e. The van der Waals surface area contributed by atoms with Crippen LogP contribution in [0.3, 0.4) is 0 Å². The monoisotopic (exact) mass is 349 g/mol. The van der Waals surface area contributed by atoms with Gasteiger partial charge in [0.25, 0.3) is 0 Å². The van der Waals surface area contributed by atoms with Gasteiger partial charge >= 0.3 is 5.97 Å². The molecule has 2 aliphatic heterocycles. The third-order valence-corrected chi connectivity index (χ3v) is 5.29. The fourth-order valence-electron chi connectivity index (χ4n) is 3.92. The molecule has 1 N–H and O–H groups in total. The maximum atomic E-state index is 11.0. The number of hydrogen-bond donors (Lipinski definition) is 1. The van der Waals surface area contributed by atoms with Crippen molar-refractivity contribution in [3.8, 4) is 5.75 Å². The molecule has 4 nitrogen and oxygen atoms in total. The van der Waals surface area contributed by atoms with Gasteiger partial charge in [-0.3, -0.25) is 9.69 Å². The summed E-state index contributed by atoms with van der Waals surface area (Å²) in [5.74, 6) is 0.149. The molecule has 2 aliphatic rings. The molecule has 2 heterocycles. The van der Waals surface area contributed by atoms with Gasteiger partial charge in [-0.25, -0.2) is 0 Å². The van der Waals surface area contributed by atoms with E-state index in [2.05, 4.69) is 55.5 Å². The van der Waals surface area contributed by atoms with Gasteiger partial charge in [0.15, 0.2) is 0 Å². The van der Waals surface area contributed by atoms with Gasteiger partial charge in [0, 0.05) is 31.5 Å². The summed E-state index contributed by atoms with van der Waals surface area (Å²) in [6, 6.07) is 16.7. The average Bonchev–Trinajstić information content (AvgIpc) is 2.64. The molecule has 0 bridgehead atoms. The molecular weight excluding hydrogens is 326 g/mol. The van der Waals surface area contributed by atoms with E-state index in [0.29, 0.717) is 0 Å². The summed E-state index contributed by atoms with van der Waals surface area (Å²) in [5.41, 5.74) is 4.39. The normalized spacial score (nSPS) is 18.7. The van der Waals surface area contributed by atoms with Gasteiger partial charge in [0.05, 0.1) is 6.54 Å². The van der Waals surface area contributed by atoms with E-state index in [1.54, 1.807) is 0 Å². The number of carbonyl (C=O) groups is 1. The quantitative estimate of drug-likeness (QED) is 0.917. The molecule has 2 aromatic rings. The predicted molar refractivity (Wildman–Crippen MR) is 101 cm³/mol. The molecule has 1 fully saturated rings. The highest BCUT2D eigenvalue weighted by Gasteiger charge is 2.39. The summed E-state index contributed by atoms with van der Waals surface area (Å²) in [6.45, 7) is 3.65. The number of fused-ring (bicyclic) bond motifs is 1. The van der Waals surface area contributed by atoms with Gasteiger partial charge in [0.1, 0.15) is 11.4 Å². The molecule has 1 spiro atoms. The third-order valence-electron chi connectivity index (χ3n) is 5.29. The molecule has 4 heteroatoms. The van der Waals surface area contributed by atoms with Gasteiger partial charge in [-0.2, -0.15) is 0 Å². The Bertz CT molecular complexity index is 849. The lowest BCUT2D eigenvalue weighted by molar-refractivity contribution is -0.139. The Hall–Kier alpha value is -2.59. The molecule has 2 aromatic carbocycles. The SMILES string of the molecule is Cc1ccc2c(c1)C(c1ccccc1)=CC1(CCN(CC(=O)O)CC1)O2. The minimum absolute atomic E-state index is 0.0983. The third kappa shape index (κ3) is 3.25. The first kappa shape index (κ1) is 16.9. The van der Waals surface area contributed by atoms with Gasteiger partial charge in [-0.15, -0.1) is 0 Å². The van der Waals surface area contributed by atoms with Crippen LogP contribution >= 0.6 is 0 Å². The number of ether oxygens (including phenoxy) is 1. The highest BCUT2D eigenvalue weighted by atomic mass is 16.5. The number of aryl methyl sites for hydroxylation is 1. The molecule has 4 rings (SSSR count). The molecule has 0 saturated carbocycles. The lowest BCUT2D eigenvalue weighted by Crippen LogP contribution is -2.49. The van der Waals surface area contributed by atoms with Crippen LogP contribution in [0.15, 0.2) is 54.6 Å². The zero-order valence-electron chi connectivity index (χ0n) is 14.9. The summed E-state index contributed by atoms with van der Waals surface area (Å²) in [5, 5.41) is 9.03. The van der Waals surface area contributed by atoms with E-state index in [1.165, 1.54) is 16.7 Å². The van der Waals surface area contributed by atoms with E-state index in [9.17, 15) is 4.79 Å². The molecule has 0 atom stereocenters. The Labute approximate surface area is 153 Å². The van der Waals surface area contributed by atoms with Crippen molar-refractivity contribution >= 4 is 11.5 Å². The summed E-state index contributed by atoms with van der Waals surface area (Å²) in [4.78, 5) is 13.0.